The summed E-state index contributed by atoms with van der Waals surface area (Å²) in [5, 5.41) is 2.77. The third-order valence-corrected chi connectivity index (χ3v) is 3.73. The van der Waals surface area contributed by atoms with Crippen molar-refractivity contribution < 1.29 is 14.3 Å². The Kier molecular flexibility index (Phi) is 5.74. The van der Waals surface area contributed by atoms with Gasteiger partial charge < -0.3 is 10.1 Å². The van der Waals surface area contributed by atoms with Crippen LogP contribution in [0.25, 0.3) is 0 Å². The molecule has 0 saturated heterocycles. The van der Waals surface area contributed by atoms with E-state index in [0.717, 1.165) is 16.9 Å². The number of hydrogen-bond donors (Lipinski definition) is 1. The number of carbonyl (C=O) groups excluding carboxylic acids is 2. The van der Waals surface area contributed by atoms with Crippen molar-refractivity contribution in [1.82, 2.24) is 0 Å². The molecule has 0 unspecified atom stereocenters. The van der Waals surface area contributed by atoms with Crippen molar-refractivity contribution in [2.24, 2.45) is 0 Å². The van der Waals surface area contributed by atoms with E-state index in [4.69, 9.17) is 4.74 Å². The monoisotopic (exact) mass is 325 g/mol. The fourth-order valence-corrected chi connectivity index (χ4v) is 2.37. The van der Waals surface area contributed by atoms with Crippen molar-refractivity contribution >= 4 is 17.4 Å². The second-order valence-electron chi connectivity index (χ2n) is 6.17. The maximum absolute atomic E-state index is 12.1. The number of hydrogen-bond acceptors (Lipinski definition) is 3. The van der Waals surface area contributed by atoms with Gasteiger partial charge in [-0.3, -0.25) is 9.59 Å². The number of ketones is 1. The summed E-state index contributed by atoms with van der Waals surface area (Å²) in [5.74, 6) is 0.827. The first kappa shape index (κ1) is 17.7. The van der Waals surface area contributed by atoms with E-state index in [1.807, 2.05) is 25.1 Å². The zero-order valence-electron chi connectivity index (χ0n) is 14.6. The van der Waals surface area contributed by atoms with Gasteiger partial charge in [-0.25, -0.2) is 0 Å². The molecule has 2 aromatic rings. The van der Waals surface area contributed by atoms with Crippen LogP contribution < -0.4 is 10.1 Å². The minimum atomic E-state index is -0.234. The van der Waals surface area contributed by atoms with Crippen molar-refractivity contribution in [3.05, 3.63) is 59.2 Å². The zero-order valence-corrected chi connectivity index (χ0v) is 14.6. The Morgan fingerprint density at radius 3 is 2.33 bits per heavy atom. The molecular formula is C20H23NO3. The first-order valence-corrected chi connectivity index (χ1v) is 8.01. The smallest absolute Gasteiger partial charge is 0.262 e. The average Bonchev–Trinajstić information content (AvgIpc) is 2.53. The quantitative estimate of drug-likeness (QED) is 0.804. The number of Topliss-reactive ketones (excluding diaryl/α,β-unsaturated/α-hetero) is 1. The number of nitrogens with one attached hydrogen (secondary N) is 1. The lowest BCUT2D eigenvalue weighted by atomic mass is 10.0. The molecule has 1 amide bonds. The second-order valence-corrected chi connectivity index (χ2v) is 6.17. The number of aryl methyl sites for hydroxylation is 1. The van der Waals surface area contributed by atoms with Crippen LogP contribution >= 0.6 is 0 Å². The Balaban J connectivity index is 1.98. The SMILES string of the molecule is CC(=O)c1ccc(NC(=O)COc2cc(C)ccc2C(C)C)cc1. The Bertz CT molecular complexity index is 733. The zero-order chi connectivity index (χ0) is 17.7. The van der Waals surface area contributed by atoms with Crippen LogP contribution in [0.3, 0.4) is 0 Å². The molecule has 4 heteroatoms. The van der Waals surface area contributed by atoms with Crippen LogP contribution in [0.2, 0.25) is 0 Å². The molecule has 0 aromatic heterocycles. The molecule has 0 bridgehead atoms. The second kappa shape index (κ2) is 7.77. The van der Waals surface area contributed by atoms with Crippen molar-refractivity contribution in [3.8, 4) is 5.75 Å². The van der Waals surface area contributed by atoms with Gasteiger partial charge in [0, 0.05) is 11.3 Å². The Morgan fingerprint density at radius 2 is 1.75 bits per heavy atom. The summed E-state index contributed by atoms with van der Waals surface area (Å²) in [5.41, 5.74) is 3.43. The minimum absolute atomic E-state index is 0.00290. The number of benzene rings is 2. The Hall–Kier alpha value is -2.62. The topological polar surface area (TPSA) is 55.4 Å². The lowest BCUT2D eigenvalue weighted by Crippen LogP contribution is -2.20. The highest BCUT2D eigenvalue weighted by atomic mass is 16.5. The van der Waals surface area contributed by atoms with Gasteiger partial charge in [0.25, 0.3) is 5.91 Å². The maximum atomic E-state index is 12.1. The fraction of sp³-hybridized carbons (Fsp3) is 0.300. The highest BCUT2D eigenvalue weighted by molar-refractivity contribution is 5.95. The highest BCUT2D eigenvalue weighted by Crippen LogP contribution is 2.27. The van der Waals surface area contributed by atoms with E-state index in [1.54, 1.807) is 24.3 Å². The number of rotatable bonds is 6. The van der Waals surface area contributed by atoms with Crippen molar-refractivity contribution in [2.45, 2.75) is 33.6 Å². The van der Waals surface area contributed by atoms with Crippen LogP contribution in [0.1, 0.15) is 48.2 Å². The van der Waals surface area contributed by atoms with Crippen molar-refractivity contribution in [1.29, 1.82) is 0 Å². The van der Waals surface area contributed by atoms with E-state index in [9.17, 15) is 9.59 Å². The van der Waals surface area contributed by atoms with Crippen LogP contribution in [0.4, 0.5) is 5.69 Å². The van der Waals surface area contributed by atoms with Gasteiger partial charge in [0.2, 0.25) is 0 Å². The standard InChI is InChI=1S/C20H23NO3/c1-13(2)18-10-5-14(3)11-19(18)24-12-20(23)21-17-8-6-16(7-9-17)15(4)22/h5-11,13H,12H2,1-4H3,(H,21,23). The molecule has 24 heavy (non-hydrogen) atoms. The fourth-order valence-electron chi connectivity index (χ4n) is 2.37. The first-order valence-electron chi connectivity index (χ1n) is 8.01. The molecule has 0 aliphatic carbocycles. The molecule has 2 aromatic carbocycles. The Morgan fingerprint density at radius 1 is 1.08 bits per heavy atom. The summed E-state index contributed by atoms with van der Waals surface area (Å²) >= 11 is 0. The van der Waals surface area contributed by atoms with Gasteiger partial charge in [-0.05, 0) is 61.2 Å². The molecule has 0 aliphatic rings. The van der Waals surface area contributed by atoms with E-state index >= 15 is 0 Å². The molecule has 0 radical (unpaired) electrons. The van der Waals surface area contributed by atoms with Crippen LogP contribution in [-0.2, 0) is 4.79 Å². The molecule has 2 rings (SSSR count). The van der Waals surface area contributed by atoms with Crippen LogP contribution in [0, 0.1) is 6.92 Å². The lowest BCUT2D eigenvalue weighted by molar-refractivity contribution is -0.118. The number of anilines is 1. The molecule has 1 N–H and O–H groups in total. The van der Waals surface area contributed by atoms with Gasteiger partial charge in [0.15, 0.2) is 12.4 Å². The lowest BCUT2D eigenvalue weighted by Gasteiger charge is -2.15. The summed E-state index contributed by atoms with van der Waals surface area (Å²) in [6.07, 6.45) is 0. The number of amides is 1. The number of ether oxygens (including phenoxy) is 1. The first-order chi connectivity index (χ1) is 11.4. The molecule has 0 heterocycles. The van der Waals surface area contributed by atoms with Gasteiger partial charge in [-0.2, -0.15) is 0 Å². The van der Waals surface area contributed by atoms with Gasteiger partial charge in [0.05, 0.1) is 0 Å². The van der Waals surface area contributed by atoms with Crippen LogP contribution in [-0.4, -0.2) is 18.3 Å². The van der Waals surface area contributed by atoms with E-state index in [0.29, 0.717) is 17.2 Å². The van der Waals surface area contributed by atoms with Gasteiger partial charge in [0.1, 0.15) is 5.75 Å². The molecule has 0 spiro atoms. The van der Waals surface area contributed by atoms with Crippen LogP contribution in [0.15, 0.2) is 42.5 Å². The van der Waals surface area contributed by atoms with E-state index in [-0.39, 0.29) is 18.3 Å². The summed E-state index contributed by atoms with van der Waals surface area (Å²) in [6.45, 7) is 7.63. The molecule has 0 aliphatic heterocycles. The molecule has 126 valence electrons. The third kappa shape index (κ3) is 4.69. The minimum Gasteiger partial charge on any atom is -0.483 e. The van der Waals surface area contributed by atoms with Crippen molar-refractivity contribution in [2.75, 3.05) is 11.9 Å². The van der Waals surface area contributed by atoms with Gasteiger partial charge >= 0.3 is 0 Å². The normalized spacial score (nSPS) is 10.5. The predicted molar refractivity (Wildman–Crippen MR) is 95.8 cm³/mol. The van der Waals surface area contributed by atoms with E-state index in [2.05, 4.69) is 19.2 Å². The number of carbonyl (C=O) groups is 2. The summed E-state index contributed by atoms with van der Waals surface area (Å²) in [7, 11) is 0. The third-order valence-electron chi connectivity index (χ3n) is 3.73. The highest BCUT2D eigenvalue weighted by Gasteiger charge is 2.10. The molecule has 4 nitrogen and oxygen atoms in total. The maximum Gasteiger partial charge on any atom is 0.262 e. The van der Waals surface area contributed by atoms with E-state index < -0.39 is 0 Å². The molecule has 0 atom stereocenters. The Labute approximate surface area is 142 Å². The predicted octanol–water partition coefficient (Wildman–Crippen LogP) is 4.34. The summed E-state index contributed by atoms with van der Waals surface area (Å²) in [4.78, 5) is 23.3. The molecular weight excluding hydrogens is 302 g/mol. The summed E-state index contributed by atoms with van der Waals surface area (Å²) < 4.78 is 5.71. The summed E-state index contributed by atoms with van der Waals surface area (Å²) in [6, 6.07) is 12.8. The largest absolute Gasteiger partial charge is 0.483 e. The molecule has 0 saturated carbocycles. The van der Waals surface area contributed by atoms with Gasteiger partial charge in [-0.15, -0.1) is 0 Å². The molecule has 0 fully saturated rings. The van der Waals surface area contributed by atoms with Gasteiger partial charge in [-0.1, -0.05) is 26.0 Å². The van der Waals surface area contributed by atoms with Crippen molar-refractivity contribution in [3.63, 3.8) is 0 Å². The average molecular weight is 325 g/mol. The van der Waals surface area contributed by atoms with E-state index in [1.165, 1.54) is 6.92 Å². The van der Waals surface area contributed by atoms with Crippen LogP contribution in [0.5, 0.6) is 5.75 Å².